The highest BCUT2D eigenvalue weighted by molar-refractivity contribution is 9.10. The standard InChI is InChI=1S/C10H10BrF3O3/c1-6(15)5-16-7-2-3-8(11)9(4-7)17-10(12,13)14/h2-4,6,15H,5H2,1H3. The molecule has 1 unspecified atom stereocenters. The van der Waals surface area contributed by atoms with Crippen molar-refractivity contribution in [2.75, 3.05) is 6.61 Å². The van der Waals surface area contributed by atoms with Gasteiger partial charge >= 0.3 is 6.36 Å². The van der Waals surface area contributed by atoms with E-state index in [2.05, 4.69) is 20.7 Å². The highest BCUT2D eigenvalue weighted by Crippen LogP contribution is 2.33. The summed E-state index contributed by atoms with van der Waals surface area (Å²) < 4.78 is 45.1. The first-order valence-electron chi connectivity index (χ1n) is 4.64. The number of hydrogen-bond acceptors (Lipinski definition) is 3. The Bertz CT molecular complexity index is 380. The monoisotopic (exact) mass is 314 g/mol. The number of aliphatic hydroxyl groups excluding tert-OH is 1. The van der Waals surface area contributed by atoms with E-state index in [1.165, 1.54) is 19.1 Å². The van der Waals surface area contributed by atoms with Crippen LogP contribution in [0.4, 0.5) is 13.2 Å². The molecule has 17 heavy (non-hydrogen) atoms. The van der Waals surface area contributed by atoms with Gasteiger partial charge in [0.05, 0.1) is 10.6 Å². The lowest BCUT2D eigenvalue weighted by Gasteiger charge is -2.13. The third-order valence-electron chi connectivity index (χ3n) is 1.62. The molecule has 0 aliphatic heterocycles. The fourth-order valence-corrected chi connectivity index (χ4v) is 1.32. The second kappa shape index (κ2) is 5.59. The van der Waals surface area contributed by atoms with E-state index in [-0.39, 0.29) is 22.6 Å². The van der Waals surface area contributed by atoms with Crippen LogP contribution < -0.4 is 9.47 Å². The average Bonchev–Trinajstić information content (AvgIpc) is 2.17. The van der Waals surface area contributed by atoms with Crippen LogP contribution in [0.25, 0.3) is 0 Å². The van der Waals surface area contributed by atoms with Gasteiger partial charge in [0, 0.05) is 6.07 Å². The van der Waals surface area contributed by atoms with Crippen LogP contribution in [0.5, 0.6) is 11.5 Å². The minimum absolute atomic E-state index is 0.00685. The molecule has 0 aliphatic carbocycles. The Morgan fingerprint density at radius 1 is 1.41 bits per heavy atom. The van der Waals surface area contributed by atoms with Crippen molar-refractivity contribution in [2.24, 2.45) is 0 Å². The van der Waals surface area contributed by atoms with E-state index in [1.54, 1.807) is 0 Å². The van der Waals surface area contributed by atoms with Gasteiger partial charge in [0.2, 0.25) is 0 Å². The van der Waals surface area contributed by atoms with E-state index in [0.717, 1.165) is 6.07 Å². The zero-order chi connectivity index (χ0) is 13.1. The van der Waals surface area contributed by atoms with Gasteiger partial charge < -0.3 is 14.6 Å². The zero-order valence-electron chi connectivity index (χ0n) is 8.79. The maximum absolute atomic E-state index is 12.0. The van der Waals surface area contributed by atoms with Crippen molar-refractivity contribution < 1.29 is 27.8 Å². The first-order valence-corrected chi connectivity index (χ1v) is 5.43. The van der Waals surface area contributed by atoms with Gasteiger partial charge in [-0.3, -0.25) is 0 Å². The Hall–Kier alpha value is -0.950. The fraction of sp³-hybridized carbons (Fsp3) is 0.400. The van der Waals surface area contributed by atoms with Gasteiger partial charge in [0.15, 0.2) is 0 Å². The Balaban J connectivity index is 2.79. The molecule has 96 valence electrons. The molecule has 7 heteroatoms. The summed E-state index contributed by atoms with van der Waals surface area (Å²) in [5.41, 5.74) is 0. The van der Waals surface area contributed by atoms with E-state index in [1.807, 2.05) is 0 Å². The fourth-order valence-electron chi connectivity index (χ4n) is 0.993. The summed E-state index contributed by atoms with van der Waals surface area (Å²) in [6, 6.07) is 3.94. The lowest BCUT2D eigenvalue weighted by Crippen LogP contribution is -2.17. The molecule has 0 heterocycles. The summed E-state index contributed by atoms with van der Waals surface area (Å²) in [5, 5.41) is 8.98. The quantitative estimate of drug-likeness (QED) is 0.928. The number of benzene rings is 1. The normalized spacial score (nSPS) is 13.3. The maximum atomic E-state index is 12.0. The predicted molar refractivity (Wildman–Crippen MR) is 58.0 cm³/mol. The van der Waals surface area contributed by atoms with Crippen molar-refractivity contribution in [2.45, 2.75) is 19.4 Å². The number of ether oxygens (including phenoxy) is 2. The molecule has 1 atom stereocenters. The van der Waals surface area contributed by atoms with Gasteiger partial charge in [0.25, 0.3) is 0 Å². The number of hydrogen-bond donors (Lipinski definition) is 1. The molecule has 1 rings (SSSR count). The first-order chi connectivity index (χ1) is 7.78. The van der Waals surface area contributed by atoms with Crippen LogP contribution >= 0.6 is 15.9 Å². The van der Waals surface area contributed by atoms with Gasteiger partial charge in [-0.2, -0.15) is 0 Å². The van der Waals surface area contributed by atoms with Gasteiger partial charge in [-0.05, 0) is 35.0 Å². The smallest absolute Gasteiger partial charge is 0.491 e. The Morgan fingerprint density at radius 2 is 2.06 bits per heavy atom. The Labute approximate surface area is 104 Å². The van der Waals surface area contributed by atoms with Crippen LogP contribution in [0.3, 0.4) is 0 Å². The van der Waals surface area contributed by atoms with Crippen molar-refractivity contribution in [3.8, 4) is 11.5 Å². The van der Waals surface area contributed by atoms with Crippen molar-refractivity contribution in [3.05, 3.63) is 22.7 Å². The molecule has 0 aliphatic rings. The molecular formula is C10H10BrF3O3. The van der Waals surface area contributed by atoms with E-state index in [4.69, 9.17) is 9.84 Å². The third kappa shape index (κ3) is 5.27. The molecule has 0 bridgehead atoms. The number of aliphatic hydroxyl groups is 1. The highest BCUT2D eigenvalue weighted by Gasteiger charge is 2.32. The minimum Gasteiger partial charge on any atom is -0.491 e. The second-order valence-corrected chi connectivity index (χ2v) is 4.15. The molecule has 0 saturated carbocycles. The number of alkyl halides is 3. The summed E-state index contributed by atoms with van der Waals surface area (Å²) in [6.07, 6.45) is -5.46. The first kappa shape index (κ1) is 14.1. The van der Waals surface area contributed by atoms with Crippen LogP contribution in [-0.2, 0) is 0 Å². The molecule has 0 amide bonds. The van der Waals surface area contributed by atoms with Crippen molar-refractivity contribution in [3.63, 3.8) is 0 Å². The molecular weight excluding hydrogens is 305 g/mol. The molecule has 0 aromatic heterocycles. The largest absolute Gasteiger partial charge is 0.573 e. The van der Waals surface area contributed by atoms with E-state index >= 15 is 0 Å². The van der Waals surface area contributed by atoms with E-state index in [9.17, 15) is 13.2 Å². The van der Waals surface area contributed by atoms with Gasteiger partial charge in [0.1, 0.15) is 18.1 Å². The summed E-state index contributed by atoms with van der Waals surface area (Å²) in [4.78, 5) is 0. The average molecular weight is 315 g/mol. The summed E-state index contributed by atoms with van der Waals surface area (Å²) in [5.74, 6) is -0.200. The van der Waals surface area contributed by atoms with Crippen molar-refractivity contribution in [1.82, 2.24) is 0 Å². The molecule has 0 saturated heterocycles. The molecule has 0 radical (unpaired) electrons. The van der Waals surface area contributed by atoms with Crippen LogP contribution in [0.1, 0.15) is 6.92 Å². The molecule has 1 N–H and O–H groups in total. The SMILES string of the molecule is CC(O)COc1ccc(Br)c(OC(F)(F)F)c1. The molecule has 1 aromatic rings. The number of halogens is 4. The predicted octanol–water partition coefficient (Wildman–Crippen LogP) is 3.11. The number of rotatable bonds is 4. The van der Waals surface area contributed by atoms with Crippen LogP contribution in [0.2, 0.25) is 0 Å². The Kier molecular flexibility index (Phi) is 4.64. The summed E-state index contributed by atoms with van der Waals surface area (Å²) in [6.45, 7) is 1.50. The van der Waals surface area contributed by atoms with Crippen molar-refractivity contribution >= 4 is 15.9 Å². The maximum Gasteiger partial charge on any atom is 0.573 e. The van der Waals surface area contributed by atoms with Crippen LogP contribution in [-0.4, -0.2) is 24.2 Å². The molecule has 0 fully saturated rings. The van der Waals surface area contributed by atoms with E-state index in [0.29, 0.717) is 0 Å². The lowest BCUT2D eigenvalue weighted by atomic mass is 10.3. The van der Waals surface area contributed by atoms with Gasteiger partial charge in [-0.1, -0.05) is 0 Å². The van der Waals surface area contributed by atoms with Gasteiger partial charge in [-0.25, -0.2) is 0 Å². The van der Waals surface area contributed by atoms with Crippen LogP contribution in [0.15, 0.2) is 22.7 Å². The summed E-state index contributed by atoms with van der Waals surface area (Å²) in [7, 11) is 0. The van der Waals surface area contributed by atoms with Gasteiger partial charge in [-0.15, -0.1) is 13.2 Å². The Morgan fingerprint density at radius 3 is 2.59 bits per heavy atom. The van der Waals surface area contributed by atoms with E-state index < -0.39 is 12.5 Å². The molecule has 0 spiro atoms. The highest BCUT2D eigenvalue weighted by atomic mass is 79.9. The third-order valence-corrected chi connectivity index (χ3v) is 2.27. The lowest BCUT2D eigenvalue weighted by molar-refractivity contribution is -0.274. The molecule has 3 nitrogen and oxygen atoms in total. The van der Waals surface area contributed by atoms with Crippen LogP contribution in [0, 0.1) is 0 Å². The van der Waals surface area contributed by atoms with Crippen molar-refractivity contribution in [1.29, 1.82) is 0 Å². The summed E-state index contributed by atoms with van der Waals surface area (Å²) >= 11 is 2.93. The topological polar surface area (TPSA) is 38.7 Å². The molecule has 1 aromatic carbocycles. The second-order valence-electron chi connectivity index (χ2n) is 3.30. The zero-order valence-corrected chi connectivity index (χ0v) is 10.4. The minimum atomic E-state index is -4.76.